The van der Waals surface area contributed by atoms with Crippen molar-refractivity contribution in [2.75, 3.05) is 0 Å². The molecule has 0 aliphatic heterocycles. The first-order chi connectivity index (χ1) is 9.22. The molecule has 3 aromatic heterocycles. The summed E-state index contributed by atoms with van der Waals surface area (Å²) in [6.45, 7) is 4.08. The van der Waals surface area contributed by atoms with E-state index in [1.54, 1.807) is 12.4 Å². The van der Waals surface area contributed by atoms with E-state index in [1.807, 2.05) is 23.9 Å². The third-order valence-corrected chi connectivity index (χ3v) is 2.97. The maximum atomic E-state index is 4.23. The average Bonchev–Trinajstić information content (AvgIpc) is 3.08. The van der Waals surface area contributed by atoms with Crippen LogP contribution in [-0.4, -0.2) is 35.2 Å². The molecule has 0 amide bonds. The van der Waals surface area contributed by atoms with Crippen molar-refractivity contribution in [3.8, 4) is 11.5 Å². The summed E-state index contributed by atoms with van der Waals surface area (Å²) in [6, 6.07) is 2.24. The molecule has 0 aliphatic rings. The quantitative estimate of drug-likeness (QED) is 0.741. The van der Waals surface area contributed by atoms with Gasteiger partial charge in [0.05, 0.1) is 17.9 Å². The van der Waals surface area contributed by atoms with Gasteiger partial charge in [-0.25, -0.2) is 9.67 Å². The van der Waals surface area contributed by atoms with E-state index in [-0.39, 0.29) is 6.04 Å². The fraction of sp³-hybridized carbons (Fsp3) is 0.333. The van der Waals surface area contributed by atoms with Crippen molar-refractivity contribution in [1.29, 1.82) is 0 Å². The summed E-state index contributed by atoms with van der Waals surface area (Å²) in [5, 5.41) is 15.4. The molecule has 0 aromatic carbocycles. The van der Waals surface area contributed by atoms with E-state index in [2.05, 4.69) is 37.4 Å². The van der Waals surface area contributed by atoms with Crippen molar-refractivity contribution in [1.82, 2.24) is 35.2 Å². The van der Waals surface area contributed by atoms with Gasteiger partial charge in [-0.3, -0.25) is 5.10 Å². The van der Waals surface area contributed by atoms with E-state index < -0.39 is 0 Å². The van der Waals surface area contributed by atoms with Crippen molar-refractivity contribution in [3.63, 3.8) is 0 Å². The maximum Gasteiger partial charge on any atom is 0.159 e. The summed E-state index contributed by atoms with van der Waals surface area (Å²) in [4.78, 5) is 7.17. The third-order valence-electron chi connectivity index (χ3n) is 2.97. The van der Waals surface area contributed by atoms with Gasteiger partial charge in [0, 0.05) is 24.5 Å². The van der Waals surface area contributed by atoms with Gasteiger partial charge in [0.15, 0.2) is 5.82 Å². The van der Waals surface area contributed by atoms with Crippen LogP contribution in [0.3, 0.4) is 0 Å². The van der Waals surface area contributed by atoms with E-state index in [9.17, 15) is 0 Å². The van der Waals surface area contributed by atoms with Gasteiger partial charge in [-0.15, -0.1) is 5.10 Å². The Morgan fingerprint density at radius 3 is 3.00 bits per heavy atom. The lowest BCUT2D eigenvalue weighted by Crippen LogP contribution is -2.09. The smallest absolute Gasteiger partial charge is 0.159 e. The van der Waals surface area contributed by atoms with E-state index in [1.165, 1.54) is 0 Å². The second kappa shape index (κ2) is 4.68. The van der Waals surface area contributed by atoms with Crippen LogP contribution >= 0.6 is 0 Å². The van der Waals surface area contributed by atoms with Gasteiger partial charge >= 0.3 is 0 Å². The summed E-state index contributed by atoms with van der Waals surface area (Å²) >= 11 is 0. The predicted molar refractivity (Wildman–Crippen MR) is 69.3 cm³/mol. The summed E-state index contributed by atoms with van der Waals surface area (Å²) < 4.78 is 1.84. The van der Waals surface area contributed by atoms with E-state index >= 15 is 0 Å². The maximum absolute atomic E-state index is 4.23. The number of hydrogen-bond acceptors (Lipinski definition) is 4. The molecular weight excluding hydrogens is 242 g/mol. The second-order valence-corrected chi connectivity index (χ2v) is 4.62. The molecule has 0 saturated carbocycles. The van der Waals surface area contributed by atoms with Crippen molar-refractivity contribution in [2.45, 2.75) is 26.3 Å². The average molecular weight is 257 g/mol. The second-order valence-electron chi connectivity index (χ2n) is 4.62. The minimum atomic E-state index is 0.193. The van der Waals surface area contributed by atoms with Crippen LogP contribution in [0.5, 0.6) is 0 Å². The molecule has 7 heteroatoms. The Bertz CT molecular complexity index is 649. The Labute approximate surface area is 110 Å². The molecule has 7 nitrogen and oxygen atoms in total. The molecule has 1 atom stereocenters. The first kappa shape index (κ1) is 11.6. The van der Waals surface area contributed by atoms with Crippen LogP contribution in [0.1, 0.15) is 24.4 Å². The number of aromatic nitrogens is 7. The van der Waals surface area contributed by atoms with Crippen molar-refractivity contribution >= 4 is 0 Å². The Balaban J connectivity index is 1.75. The first-order valence-corrected chi connectivity index (χ1v) is 6.15. The van der Waals surface area contributed by atoms with Gasteiger partial charge in [0.1, 0.15) is 5.69 Å². The standard InChI is InChI=1S/C12H15N7/c1-8-5-10(16-15-8)6-9(2)19-7-11(17-18-19)12-13-3-4-14-12/h3-5,7,9H,6H2,1-2H3,(H,13,14)(H,15,16)/t9-/m1/s1. The van der Waals surface area contributed by atoms with Crippen LogP contribution < -0.4 is 0 Å². The number of nitrogens with one attached hydrogen (secondary N) is 2. The van der Waals surface area contributed by atoms with Crippen LogP contribution in [0.2, 0.25) is 0 Å². The lowest BCUT2D eigenvalue weighted by Gasteiger charge is -2.08. The number of aromatic amines is 2. The molecule has 3 heterocycles. The third kappa shape index (κ3) is 2.40. The van der Waals surface area contributed by atoms with Gasteiger partial charge in [-0.1, -0.05) is 5.21 Å². The minimum Gasteiger partial charge on any atom is -0.343 e. The van der Waals surface area contributed by atoms with Crippen LogP contribution in [0.4, 0.5) is 0 Å². The molecule has 98 valence electrons. The molecule has 0 bridgehead atoms. The van der Waals surface area contributed by atoms with Crippen molar-refractivity contribution < 1.29 is 0 Å². The molecule has 19 heavy (non-hydrogen) atoms. The van der Waals surface area contributed by atoms with Crippen molar-refractivity contribution in [3.05, 3.63) is 36.0 Å². The molecule has 3 rings (SSSR count). The van der Waals surface area contributed by atoms with Gasteiger partial charge < -0.3 is 4.98 Å². The Morgan fingerprint density at radius 1 is 1.42 bits per heavy atom. The lowest BCUT2D eigenvalue weighted by molar-refractivity contribution is 0.470. The number of nitrogens with zero attached hydrogens (tertiary/aromatic N) is 5. The van der Waals surface area contributed by atoms with E-state index in [0.717, 1.165) is 29.3 Å². The van der Waals surface area contributed by atoms with Gasteiger partial charge in [0.2, 0.25) is 0 Å². The molecule has 0 radical (unpaired) electrons. The molecule has 0 saturated heterocycles. The fourth-order valence-electron chi connectivity index (χ4n) is 1.98. The minimum absolute atomic E-state index is 0.193. The number of rotatable bonds is 4. The van der Waals surface area contributed by atoms with E-state index in [4.69, 9.17) is 0 Å². The molecule has 3 aromatic rings. The number of hydrogen-bond donors (Lipinski definition) is 2. The summed E-state index contributed by atoms with van der Waals surface area (Å²) in [5.74, 6) is 0.731. The molecule has 0 fully saturated rings. The van der Waals surface area contributed by atoms with Gasteiger partial charge in [-0.05, 0) is 19.9 Å². The summed E-state index contributed by atoms with van der Waals surface area (Å²) in [5.41, 5.74) is 2.84. The Hall–Kier alpha value is -2.44. The number of imidazole rings is 1. The topological polar surface area (TPSA) is 88.1 Å². The molecule has 2 N–H and O–H groups in total. The van der Waals surface area contributed by atoms with Crippen LogP contribution in [0.25, 0.3) is 11.5 Å². The SMILES string of the molecule is Cc1cc(C[C@@H](C)n2cc(-c3ncc[nH]3)nn2)n[nH]1. The highest BCUT2D eigenvalue weighted by atomic mass is 15.4. The van der Waals surface area contributed by atoms with Crippen molar-refractivity contribution in [2.24, 2.45) is 0 Å². The Morgan fingerprint density at radius 2 is 2.32 bits per heavy atom. The number of aryl methyl sites for hydroxylation is 1. The lowest BCUT2D eigenvalue weighted by atomic mass is 10.2. The summed E-state index contributed by atoms with van der Waals surface area (Å²) in [7, 11) is 0. The fourth-order valence-corrected chi connectivity index (χ4v) is 1.98. The zero-order valence-electron chi connectivity index (χ0n) is 10.8. The predicted octanol–water partition coefficient (Wildman–Crippen LogP) is 1.50. The number of H-pyrrole nitrogens is 2. The molecule has 0 unspecified atom stereocenters. The molecule has 0 spiro atoms. The zero-order chi connectivity index (χ0) is 13.2. The highest BCUT2D eigenvalue weighted by Gasteiger charge is 2.12. The molecule has 0 aliphatic carbocycles. The zero-order valence-corrected chi connectivity index (χ0v) is 10.8. The normalized spacial score (nSPS) is 12.7. The van der Waals surface area contributed by atoms with Gasteiger partial charge in [0.25, 0.3) is 0 Å². The summed E-state index contributed by atoms with van der Waals surface area (Å²) in [6.07, 6.45) is 6.17. The van der Waals surface area contributed by atoms with Crippen LogP contribution in [-0.2, 0) is 6.42 Å². The van der Waals surface area contributed by atoms with Gasteiger partial charge in [-0.2, -0.15) is 5.10 Å². The van der Waals surface area contributed by atoms with E-state index in [0.29, 0.717) is 0 Å². The largest absolute Gasteiger partial charge is 0.343 e. The molecular formula is C12H15N7. The first-order valence-electron chi connectivity index (χ1n) is 6.15. The van der Waals surface area contributed by atoms with Crippen LogP contribution in [0.15, 0.2) is 24.7 Å². The Kier molecular flexibility index (Phi) is 2.86. The highest BCUT2D eigenvalue weighted by Crippen LogP contribution is 2.15. The highest BCUT2D eigenvalue weighted by molar-refractivity contribution is 5.45. The monoisotopic (exact) mass is 257 g/mol. The van der Waals surface area contributed by atoms with Crippen LogP contribution in [0, 0.1) is 6.92 Å².